The third-order valence-corrected chi connectivity index (χ3v) is 1.56. The number of hydrogen-bond acceptors (Lipinski definition) is 3. The van der Waals surface area contributed by atoms with Crippen LogP contribution >= 0.6 is 34.8 Å². The van der Waals surface area contributed by atoms with Gasteiger partial charge < -0.3 is 0 Å². The number of halogens is 1. The van der Waals surface area contributed by atoms with E-state index in [2.05, 4.69) is 44.8 Å². The Morgan fingerprint density at radius 2 is 2.44 bits per heavy atom. The Morgan fingerprint density at radius 1 is 1.67 bits per heavy atom. The van der Waals surface area contributed by atoms with E-state index in [-0.39, 0.29) is 0 Å². The maximum Gasteiger partial charge on any atom is 0.163 e. The third-order valence-electron chi connectivity index (χ3n) is 0.746. The molecule has 0 bridgehead atoms. The summed E-state index contributed by atoms with van der Waals surface area (Å²) in [6.07, 6.45) is 1.69. The van der Waals surface area contributed by atoms with Crippen LogP contribution in [0.5, 0.6) is 0 Å². The minimum absolute atomic E-state index is 0.608. The summed E-state index contributed by atoms with van der Waals surface area (Å²) in [4.78, 5) is 7.89. The first kappa shape index (κ1) is 7.01. The van der Waals surface area contributed by atoms with Crippen LogP contribution in [-0.4, -0.2) is 15.3 Å². The first-order valence-electron chi connectivity index (χ1n) is 2.26. The van der Waals surface area contributed by atoms with Crippen molar-refractivity contribution in [2.45, 2.75) is 0 Å². The molecule has 1 heterocycles. The van der Waals surface area contributed by atoms with E-state index in [1.807, 2.05) is 6.07 Å². The molecule has 1 rings (SSSR count). The highest BCUT2D eigenvalue weighted by molar-refractivity contribution is 14.1. The Morgan fingerprint density at radius 3 is 2.89 bits per heavy atom. The first-order valence-corrected chi connectivity index (χ1v) is 3.81. The largest absolute Gasteiger partial charge is 0.236 e. The van der Waals surface area contributed by atoms with E-state index in [4.69, 9.17) is 0 Å². The minimum atomic E-state index is 0.608. The van der Waals surface area contributed by atoms with Crippen molar-refractivity contribution in [1.29, 1.82) is 0 Å². The second-order valence-electron chi connectivity index (χ2n) is 1.36. The molecule has 0 saturated heterocycles. The van der Waals surface area contributed by atoms with Crippen LogP contribution in [0.1, 0.15) is 5.82 Å². The molecule has 0 aliphatic heterocycles. The van der Waals surface area contributed by atoms with E-state index in [1.165, 1.54) is 5.37 Å². The molecule has 2 nitrogen and oxygen atoms in total. The fourth-order valence-electron chi connectivity index (χ4n) is 0.407. The van der Waals surface area contributed by atoms with E-state index in [9.17, 15) is 0 Å². The molecular formula is C5H3IN2S. The molecule has 1 aromatic heterocycles. The molecule has 0 N–H and O–H groups in total. The summed E-state index contributed by atoms with van der Waals surface area (Å²) in [6, 6.07) is 1.82. The Balaban J connectivity index is 3.07. The van der Waals surface area contributed by atoms with Crippen LogP contribution in [0.3, 0.4) is 0 Å². The molecule has 0 fully saturated rings. The van der Waals surface area contributed by atoms with Gasteiger partial charge in [-0.25, -0.2) is 9.97 Å². The van der Waals surface area contributed by atoms with Gasteiger partial charge >= 0.3 is 0 Å². The lowest BCUT2D eigenvalue weighted by atomic mass is 10.6. The van der Waals surface area contributed by atoms with Crippen molar-refractivity contribution in [3.05, 3.63) is 21.8 Å². The number of nitrogens with zero attached hydrogens (tertiary/aromatic N) is 2. The number of hydrogen-bond donors (Lipinski definition) is 0. The molecule has 0 aromatic carbocycles. The highest BCUT2D eigenvalue weighted by Gasteiger charge is 1.88. The van der Waals surface area contributed by atoms with Gasteiger partial charge in [0.1, 0.15) is 3.70 Å². The summed E-state index contributed by atoms with van der Waals surface area (Å²) in [7, 11) is 0. The van der Waals surface area contributed by atoms with Crippen LogP contribution in [0.25, 0.3) is 0 Å². The Labute approximate surface area is 71.9 Å². The van der Waals surface area contributed by atoms with E-state index < -0.39 is 0 Å². The molecule has 0 unspecified atom stereocenters. The van der Waals surface area contributed by atoms with Crippen LogP contribution in [0.2, 0.25) is 0 Å². The second kappa shape index (κ2) is 3.17. The van der Waals surface area contributed by atoms with Gasteiger partial charge in [0.25, 0.3) is 0 Å². The summed E-state index contributed by atoms with van der Waals surface area (Å²) in [5.74, 6) is 0.608. The molecule has 0 spiro atoms. The van der Waals surface area contributed by atoms with Gasteiger partial charge in [0.2, 0.25) is 0 Å². The molecule has 9 heavy (non-hydrogen) atoms. The minimum Gasteiger partial charge on any atom is -0.236 e. The van der Waals surface area contributed by atoms with Crippen LogP contribution in [0.4, 0.5) is 0 Å². The molecule has 1 aromatic rings. The van der Waals surface area contributed by atoms with Crippen LogP contribution in [0.15, 0.2) is 12.3 Å². The summed E-state index contributed by atoms with van der Waals surface area (Å²) in [5, 5.41) is 1.46. The zero-order chi connectivity index (χ0) is 6.69. The smallest absolute Gasteiger partial charge is 0.163 e. The number of thiocarbonyl (C=S) groups is 1. The number of rotatable bonds is 1. The van der Waals surface area contributed by atoms with E-state index in [0.29, 0.717) is 5.82 Å². The van der Waals surface area contributed by atoms with Crippen molar-refractivity contribution >= 4 is 40.2 Å². The van der Waals surface area contributed by atoms with Gasteiger partial charge in [-0.3, -0.25) is 0 Å². The fraction of sp³-hybridized carbons (Fsp3) is 0. The number of aromatic nitrogens is 2. The molecule has 0 atom stereocenters. The van der Waals surface area contributed by atoms with E-state index in [0.717, 1.165) is 3.70 Å². The maximum atomic E-state index is 4.62. The molecule has 46 valence electrons. The highest BCUT2D eigenvalue weighted by Crippen LogP contribution is 1.96. The Bertz CT molecular complexity index is 226. The third kappa shape index (κ3) is 1.94. The van der Waals surface area contributed by atoms with Crippen molar-refractivity contribution in [1.82, 2.24) is 9.97 Å². The molecule has 0 aliphatic carbocycles. The summed E-state index contributed by atoms with van der Waals surface area (Å²) in [6.45, 7) is 0. The van der Waals surface area contributed by atoms with Gasteiger partial charge in [0, 0.05) is 11.6 Å². The molecule has 0 radical (unpaired) electrons. The van der Waals surface area contributed by atoms with Crippen LogP contribution in [0, 0.1) is 3.70 Å². The predicted octanol–water partition coefficient (Wildman–Crippen LogP) is 1.43. The lowest BCUT2D eigenvalue weighted by molar-refractivity contribution is 1.12. The zero-order valence-corrected chi connectivity index (χ0v) is 7.39. The van der Waals surface area contributed by atoms with Crippen LogP contribution in [-0.2, 0) is 0 Å². The van der Waals surface area contributed by atoms with E-state index >= 15 is 0 Å². The quantitative estimate of drug-likeness (QED) is 0.428. The molecular weight excluding hydrogens is 247 g/mol. The Hall–Kier alpha value is -0.100. The van der Waals surface area contributed by atoms with Crippen molar-refractivity contribution in [2.24, 2.45) is 0 Å². The molecule has 0 saturated carbocycles. The second-order valence-corrected chi connectivity index (χ2v) is 2.70. The molecule has 4 heteroatoms. The standard InChI is InChI=1S/C5H3IN2S/c6-4-1-2-7-5(3-9)8-4/h1-3H. The summed E-state index contributed by atoms with van der Waals surface area (Å²) >= 11 is 6.74. The molecule has 0 aliphatic rings. The molecule has 0 amide bonds. The van der Waals surface area contributed by atoms with Crippen molar-refractivity contribution in [2.75, 3.05) is 0 Å². The lowest BCUT2D eigenvalue weighted by Gasteiger charge is -1.88. The monoisotopic (exact) mass is 250 g/mol. The van der Waals surface area contributed by atoms with E-state index in [1.54, 1.807) is 6.20 Å². The fourth-order valence-corrected chi connectivity index (χ4v) is 0.929. The van der Waals surface area contributed by atoms with Gasteiger partial charge in [-0.15, -0.1) is 0 Å². The van der Waals surface area contributed by atoms with Gasteiger partial charge in [-0.1, -0.05) is 12.2 Å². The average molecular weight is 250 g/mol. The topological polar surface area (TPSA) is 25.8 Å². The SMILES string of the molecule is S=Cc1nccc(I)n1. The predicted molar refractivity (Wildman–Crippen MR) is 47.5 cm³/mol. The first-order chi connectivity index (χ1) is 4.33. The van der Waals surface area contributed by atoms with Crippen molar-refractivity contribution in [3.8, 4) is 0 Å². The maximum absolute atomic E-state index is 4.62. The highest BCUT2D eigenvalue weighted by atomic mass is 127. The Kier molecular flexibility index (Phi) is 2.47. The normalized spacial score (nSPS) is 9.00. The van der Waals surface area contributed by atoms with Gasteiger partial charge in [-0.2, -0.15) is 0 Å². The summed E-state index contributed by atoms with van der Waals surface area (Å²) in [5.41, 5.74) is 0. The van der Waals surface area contributed by atoms with Crippen molar-refractivity contribution < 1.29 is 0 Å². The zero-order valence-electron chi connectivity index (χ0n) is 4.41. The average Bonchev–Trinajstić information content (AvgIpc) is 1.88. The van der Waals surface area contributed by atoms with Crippen LogP contribution < -0.4 is 0 Å². The van der Waals surface area contributed by atoms with Gasteiger partial charge in [0.15, 0.2) is 5.82 Å². The van der Waals surface area contributed by atoms with Gasteiger partial charge in [0.05, 0.1) is 0 Å². The summed E-state index contributed by atoms with van der Waals surface area (Å²) < 4.78 is 0.915. The van der Waals surface area contributed by atoms with Gasteiger partial charge in [-0.05, 0) is 28.7 Å². The van der Waals surface area contributed by atoms with Crippen molar-refractivity contribution in [3.63, 3.8) is 0 Å². The lowest BCUT2D eigenvalue weighted by Crippen LogP contribution is -1.91.